The highest BCUT2D eigenvalue weighted by Crippen LogP contribution is 2.48. The maximum atomic E-state index is 14.1. The van der Waals surface area contributed by atoms with E-state index in [0.717, 1.165) is 62.5 Å². The van der Waals surface area contributed by atoms with Crippen LogP contribution in [0.1, 0.15) is 141 Å². The van der Waals surface area contributed by atoms with Gasteiger partial charge in [0.2, 0.25) is 5.75 Å². The molecule has 0 saturated heterocycles. The molecule has 0 aromatic heterocycles. The molecular formula is C45H65NO8. The van der Waals surface area contributed by atoms with Crippen LogP contribution in [-0.2, 0) is 32.0 Å². The number of esters is 2. The number of hydrogen-bond acceptors (Lipinski definition) is 8. The highest BCUT2D eigenvalue weighted by molar-refractivity contribution is 6.04. The predicted molar refractivity (Wildman–Crippen MR) is 217 cm³/mol. The molecule has 0 aliphatic carbocycles. The summed E-state index contributed by atoms with van der Waals surface area (Å²) >= 11 is 0. The molecule has 0 saturated carbocycles. The second kappa shape index (κ2) is 23.3. The zero-order chi connectivity index (χ0) is 40.4. The molecule has 1 aromatic rings. The zero-order valence-corrected chi connectivity index (χ0v) is 34.5. The zero-order valence-electron chi connectivity index (χ0n) is 34.5. The summed E-state index contributed by atoms with van der Waals surface area (Å²) in [6, 6.07) is -1.10. The minimum Gasteiger partial charge on any atom is -0.504 e. The maximum absolute atomic E-state index is 14.1. The van der Waals surface area contributed by atoms with Crippen molar-refractivity contribution in [1.82, 2.24) is 4.90 Å². The van der Waals surface area contributed by atoms with Crippen molar-refractivity contribution < 1.29 is 38.8 Å². The van der Waals surface area contributed by atoms with Gasteiger partial charge in [-0.05, 0) is 126 Å². The Labute approximate surface area is 324 Å². The van der Waals surface area contributed by atoms with Crippen LogP contribution in [0, 0.1) is 0 Å². The van der Waals surface area contributed by atoms with Crippen LogP contribution in [0.2, 0.25) is 0 Å². The fraction of sp³-hybridized carbons (Fsp3) is 0.533. The minimum absolute atomic E-state index is 0.0287. The molecule has 0 unspecified atom stereocenters. The third-order valence-electron chi connectivity index (χ3n) is 9.67. The van der Waals surface area contributed by atoms with Crippen molar-refractivity contribution in [2.45, 2.75) is 139 Å². The smallest absolute Gasteiger partial charge is 0.328 e. The molecule has 0 radical (unpaired) electrons. The van der Waals surface area contributed by atoms with Gasteiger partial charge in [0, 0.05) is 17.5 Å². The van der Waals surface area contributed by atoms with Gasteiger partial charge >= 0.3 is 11.9 Å². The quantitative estimate of drug-likeness (QED) is 0.0888. The number of phenolic OH excluding ortho intramolecular Hbond substituents is 2. The number of carbonyl (C=O) groups excluding carboxylic acids is 3. The molecule has 0 fully saturated rings. The number of ether oxygens (including phenoxy) is 3. The highest BCUT2D eigenvalue weighted by atomic mass is 16.5. The van der Waals surface area contributed by atoms with Crippen LogP contribution in [0.3, 0.4) is 0 Å². The molecule has 0 bridgehead atoms. The number of allylic oxidation sites excluding steroid dienone is 11. The average Bonchev–Trinajstić information content (AvgIpc) is 3.45. The fourth-order valence-electron chi connectivity index (χ4n) is 6.31. The Morgan fingerprint density at radius 3 is 1.69 bits per heavy atom. The molecule has 9 heteroatoms. The standard InChI is InChI=1S/C45H65NO8/c1-30(2)15-11-17-32(5)19-13-21-34(7)23-24-36-40-37(29-46(44(40)50)38(45(51)53-10)25-26-39(47)52-9)42(49)43(41(36)48)54-28-27-35(8)22-14-20-33(6)18-12-16-31(3)4/h15-16,19-20,23,27,38,48-49H,11-14,17-18,21-22,24-26,28-29H2,1-10H3/t38-/m0/s1. The lowest BCUT2D eigenvalue weighted by Crippen LogP contribution is -2.42. The van der Waals surface area contributed by atoms with Gasteiger partial charge in [0.1, 0.15) is 12.6 Å². The van der Waals surface area contributed by atoms with Crippen molar-refractivity contribution in [3.05, 3.63) is 86.6 Å². The van der Waals surface area contributed by atoms with Crippen LogP contribution >= 0.6 is 0 Å². The number of fused-ring (bicyclic) bond motifs is 1. The number of aromatic hydroxyl groups is 2. The van der Waals surface area contributed by atoms with E-state index < -0.39 is 23.9 Å². The summed E-state index contributed by atoms with van der Waals surface area (Å²) in [6.07, 6.45) is 20.5. The van der Waals surface area contributed by atoms with Gasteiger partial charge in [0.25, 0.3) is 5.91 Å². The number of amides is 1. The number of hydrogen-bond donors (Lipinski definition) is 2. The third kappa shape index (κ3) is 14.7. The van der Waals surface area contributed by atoms with Crippen molar-refractivity contribution in [2.24, 2.45) is 0 Å². The molecule has 1 heterocycles. The Balaban J connectivity index is 2.38. The summed E-state index contributed by atoms with van der Waals surface area (Å²) in [5.74, 6) is -2.54. The molecule has 1 aliphatic heterocycles. The maximum Gasteiger partial charge on any atom is 0.328 e. The van der Waals surface area contributed by atoms with Gasteiger partial charge in [-0.1, -0.05) is 63.8 Å². The van der Waals surface area contributed by atoms with Crippen LogP contribution in [0.5, 0.6) is 17.2 Å². The summed E-state index contributed by atoms with van der Waals surface area (Å²) in [5.41, 5.74) is 8.21. The minimum atomic E-state index is -1.10. The van der Waals surface area contributed by atoms with Crippen molar-refractivity contribution in [1.29, 1.82) is 0 Å². The lowest BCUT2D eigenvalue weighted by Gasteiger charge is -2.25. The molecule has 298 valence electrons. The van der Waals surface area contributed by atoms with E-state index in [1.54, 1.807) is 0 Å². The number of benzene rings is 1. The van der Waals surface area contributed by atoms with E-state index in [1.807, 2.05) is 26.0 Å². The Kier molecular flexibility index (Phi) is 19.7. The second-order valence-corrected chi connectivity index (χ2v) is 14.9. The molecule has 9 nitrogen and oxygen atoms in total. The van der Waals surface area contributed by atoms with Crippen LogP contribution < -0.4 is 4.74 Å². The summed E-state index contributed by atoms with van der Waals surface area (Å²) < 4.78 is 15.8. The lowest BCUT2D eigenvalue weighted by atomic mass is 9.96. The molecule has 54 heavy (non-hydrogen) atoms. The van der Waals surface area contributed by atoms with E-state index in [0.29, 0.717) is 5.56 Å². The van der Waals surface area contributed by atoms with Gasteiger partial charge in [-0.15, -0.1) is 0 Å². The van der Waals surface area contributed by atoms with E-state index in [-0.39, 0.29) is 60.8 Å². The topological polar surface area (TPSA) is 123 Å². The first-order valence-electron chi connectivity index (χ1n) is 19.2. The molecule has 1 amide bonds. The summed E-state index contributed by atoms with van der Waals surface area (Å²) in [5, 5.41) is 23.1. The Morgan fingerprint density at radius 2 is 1.19 bits per heavy atom. The van der Waals surface area contributed by atoms with Gasteiger partial charge in [0.15, 0.2) is 11.5 Å². The van der Waals surface area contributed by atoms with Gasteiger partial charge in [-0.2, -0.15) is 0 Å². The molecule has 1 aliphatic rings. The Morgan fingerprint density at radius 1 is 0.685 bits per heavy atom. The van der Waals surface area contributed by atoms with Gasteiger partial charge < -0.3 is 29.3 Å². The molecule has 2 rings (SSSR count). The van der Waals surface area contributed by atoms with Crippen LogP contribution in [0.4, 0.5) is 0 Å². The number of methoxy groups -OCH3 is 2. The number of carbonyl (C=O) groups is 3. The SMILES string of the molecule is COC(=O)CC[C@@H](C(=O)OC)N1Cc2c(O)c(OCC=C(C)CCC=C(C)CCC=C(C)C)c(O)c(CC=C(C)CCC=C(C)CCC=C(C)C)c2C1=O. The molecule has 0 spiro atoms. The van der Waals surface area contributed by atoms with Crippen LogP contribution in [0.25, 0.3) is 0 Å². The third-order valence-corrected chi connectivity index (χ3v) is 9.67. The average molecular weight is 748 g/mol. The van der Waals surface area contributed by atoms with E-state index in [2.05, 4.69) is 65.8 Å². The van der Waals surface area contributed by atoms with E-state index >= 15 is 0 Å². The Bertz CT molecular complexity index is 1650. The predicted octanol–water partition coefficient (Wildman–Crippen LogP) is 10.3. The highest BCUT2D eigenvalue weighted by Gasteiger charge is 2.42. The van der Waals surface area contributed by atoms with E-state index in [4.69, 9.17) is 14.2 Å². The molecule has 1 aromatic carbocycles. The van der Waals surface area contributed by atoms with Crippen molar-refractivity contribution in [2.75, 3.05) is 20.8 Å². The first kappa shape index (κ1) is 45.6. The van der Waals surface area contributed by atoms with Crippen molar-refractivity contribution in [3.63, 3.8) is 0 Å². The van der Waals surface area contributed by atoms with Gasteiger partial charge in [-0.3, -0.25) is 9.59 Å². The normalized spacial score (nSPS) is 14.1. The summed E-state index contributed by atoms with van der Waals surface area (Å²) in [4.78, 5) is 40.2. The second-order valence-electron chi connectivity index (χ2n) is 14.9. The molecule has 1 atom stereocenters. The lowest BCUT2D eigenvalue weighted by molar-refractivity contribution is -0.147. The first-order valence-corrected chi connectivity index (χ1v) is 19.2. The number of nitrogens with zero attached hydrogens (tertiary/aromatic N) is 1. The van der Waals surface area contributed by atoms with Crippen molar-refractivity contribution in [3.8, 4) is 17.2 Å². The van der Waals surface area contributed by atoms with Crippen LogP contribution in [0.15, 0.2) is 69.9 Å². The summed E-state index contributed by atoms with van der Waals surface area (Å²) in [7, 11) is 2.47. The number of rotatable bonds is 22. The fourth-order valence-corrected chi connectivity index (χ4v) is 6.31. The first-order chi connectivity index (χ1) is 25.6. The largest absolute Gasteiger partial charge is 0.504 e. The monoisotopic (exact) mass is 747 g/mol. The molecular weight excluding hydrogens is 682 g/mol. The molecule has 2 N–H and O–H groups in total. The van der Waals surface area contributed by atoms with Crippen LogP contribution in [-0.4, -0.2) is 59.8 Å². The number of phenols is 2. The summed E-state index contributed by atoms with van der Waals surface area (Å²) in [6.45, 7) is 16.7. The van der Waals surface area contributed by atoms with Gasteiger partial charge in [0.05, 0.1) is 26.3 Å². The van der Waals surface area contributed by atoms with E-state index in [9.17, 15) is 24.6 Å². The van der Waals surface area contributed by atoms with Gasteiger partial charge in [-0.25, -0.2) is 4.79 Å². The van der Waals surface area contributed by atoms with E-state index in [1.165, 1.54) is 41.4 Å². The van der Waals surface area contributed by atoms with Crippen molar-refractivity contribution >= 4 is 17.8 Å². The Hall–Kier alpha value is -4.53.